The van der Waals surface area contributed by atoms with Gasteiger partial charge in [-0.3, -0.25) is 4.79 Å². The summed E-state index contributed by atoms with van der Waals surface area (Å²) in [6.07, 6.45) is 5.60. The lowest BCUT2D eigenvalue weighted by Crippen LogP contribution is -2.46. The molecule has 1 aromatic rings. The van der Waals surface area contributed by atoms with Crippen LogP contribution in [0.2, 0.25) is 0 Å². The van der Waals surface area contributed by atoms with E-state index >= 15 is 0 Å². The molecule has 1 rings (SSSR count). The van der Waals surface area contributed by atoms with E-state index in [9.17, 15) is 13.2 Å². The molecule has 0 aliphatic carbocycles. The zero-order valence-corrected chi connectivity index (χ0v) is 13.6. The van der Waals surface area contributed by atoms with Crippen LogP contribution in [-0.2, 0) is 21.4 Å². The predicted octanol–water partition coefficient (Wildman–Crippen LogP) is 0.483. The van der Waals surface area contributed by atoms with Crippen molar-refractivity contribution in [2.45, 2.75) is 46.2 Å². The molecule has 1 atom stereocenters. The van der Waals surface area contributed by atoms with E-state index in [0.717, 1.165) is 0 Å². The van der Waals surface area contributed by atoms with E-state index in [1.165, 1.54) is 0 Å². The fraction of sp³-hybridized carbons (Fsp3) is 0.692. The van der Waals surface area contributed by atoms with Crippen LogP contribution in [-0.4, -0.2) is 35.7 Å². The highest BCUT2D eigenvalue weighted by Crippen LogP contribution is 2.21. The van der Waals surface area contributed by atoms with Gasteiger partial charge in [0, 0.05) is 25.4 Å². The Kier molecular flexibility index (Phi) is 5.91. The minimum Gasteiger partial charge on any atom is -0.351 e. The summed E-state index contributed by atoms with van der Waals surface area (Å²) in [5.74, 6) is -0.346. The van der Waals surface area contributed by atoms with Gasteiger partial charge in [0.1, 0.15) is 0 Å². The fourth-order valence-electron chi connectivity index (χ4n) is 1.84. The molecule has 0 spiro atoms. The van der Waals surface area contributed by atoms with E-state index in [1.807, 2.05) is 31.5 Å². The molecule has 120 valence electrons. The lowest BCUT2D eigenvalue weighted by Gasteiger charge is -2.31. The van der Waals surface area contributed by atoms with E-state index in [4.69, 9.17) is 5.14 Å². The molecule has 1 aromatic heterocycles. The van der Waals surface area contributed by atoms with Crippen LogP contribution < -0.4 is 10.5 Å². The zero-order valence-electron chi connectivity index (χ0n) is 12.7. The van der Waals surface area contributed by atoms with Crippen molar-refractivity contribution in [1.29, 1.82) is 0 Å². The van der Waals surface area contributed by atoms with E-state index in [1.54, 1.807) is 12.5 Å². The summed E-state index contributed by atoms with van der Waals surface area (Å²) < 4.78 is 23.6. The van der Waals surface area contributed by atoms with E-state index < -0.39 is 10.0 Å². The van der Waals surface area contributed by atoms with Gasteiger partial charge < -0.3 is 9.88 Å². The molecule has 1 heterocycles. The maximum absolute atomic E-state index is 11.9. The fourth-order valence-corrected chi connectivity index (χ4v) is 2.39. The molecule has 1 unspecified atom stereocenters. The van der Waals surface area contributed by atoms with Crippen LogP contribution in [0.3, 0.4) is 0 Å². The lowest BCUT2D eigenvalue weighted by atomic mass is 9.86. The molecule has 0 fully saturated rings. The van der Waals surface area contributed by atoms with Gasteiger partial charge in [-0.15, -0.1) is 0 Å². The maximum atomic E-state index is 11.9. The molecule has 0 aromatic carbocycles. The number of nitrogens with two attached hydrogens (primary N) is 1. The smallest absolute Gasteiger partial charge is 0.220 e. The van der Waals surface area contributed by atoms with E-state index in [-0.39, 0.29) is 36.0 Å². The molecular weight excluding hydrogens is 292 g/mol. The van der Waals surface area contributed by atoms with Crippen LogP contribution in [0.4, 0.5) is 0 Å². The number of hydrogen-bond donors (Lipinski definition) is 2. The average Bonchev–Trinajstić information content (AvgIpc) is 2.77. The second kappa shape index (κ2) is 7.04. The standard InChI is InChI=1S/C13H24N4O3S/c1-13(2,3)11(9-17-7-6-15-10-17)16-12(18)5-4-8-21(14,19)20/h6-7,10-11H,4-5,8-9H2,1-3H3,(H,16,18)(H2,14,19,20). The molecule has 0 aliphatic heterocycles. The number of nitrogens with zero attached hydrogens (tertiary/aromatic N) is 2. The molecule has 21 heavy (non-hydrogen) atoms. The summed E-state index contributed by atoms with van der Waals surface area (Å²) in [5, 5.41) is 7.87. The summed E-state index contributed by atoms with van der Waals surface area (Å²) >= 11 is 0. The molecule has 3 N–H and O–H groups in total. The molecule has 7 nitrogen and oxygen atoms in total. The van der Waals surface area contributed by atoms with Crippen molar-refractivity contribution in [2.24, 2.45) is 10.6 Å². The third-order valence-corrected chi connectivity index (χ3v) is 4.02. The quantitative estimate of drug-likeness (QED) is 0.763. The highest BCUT2D eigenvalue weighted by molar-refractivity contribution is 7.89. The first-order valence-electron chi connectivity index (χ1n) is 6.83. The molecule has 0 bridgehead atoms. The summed E-state index contributed by atoms with van der Waals surface area (Å²) in [5.41, 5.74) is -0.125. The molecule has 0 radical (unpaired) electrons. The second-order valence-electron chi connectivity index (χ2n) is 6.22. The van der Waals surface area contributed by atoms with Crippen molar-refractivity contribution < 1.29 is 13.2 Å². The summed E-state index contributed by atoms with van der Waals surface area (Å²) in [7, 11) is -3.51. The number of aromatic nitrogens is 2. The highest BCUT2D eigenvalue weighted by atomic mass is 32.2. The Morgan fingerprint density at radius 1 is 1.43 bits per heavy atom. The molecule has 0 saturated heterocycles. The van der Waals surface area contributed by atoms with Gasteiger partial charge in [0.2, 0.25) is 15.9 Å². The highest BCUT2D eigenvalue weighted by Gasteiger charge is 2.26. The molecular formula is C13H24N4O3S. The van der Waals surface area contributed by atoms with Crippen molar-refractivity contribution in [3.8, 4) is 0 Å². The molecule has 1 amide bonds. The second-order valence-corrected chi connectivity index (χ2v) is 7.95. The van der Waals surface area contributed by atoms with Gasteiger partial charge >= 0.3 is 0 Å². The Balaban J connectivity index is 2.54. The van der Waals surface area contributed by atoms with Crippen molar-refractivity contribution in [3.05, 3.63) is 18.7 Å². The third kappa shape index (κ3) is 7.24. The Morgan fingerprint density at radius 3 is 2.57 bits per heavy atom. The number of sulfonamides is 1. The number of primary sulfonamides is 1. The topological polar surface area (TPSA) is 107 Å². The van der Waals surface area contributed by atoms with Crippen molar-refractivity contribution in [2.75, 3.05) is 5.75 Å². The van der Waals surface area contributed by atoms with Gasteiger partial charge in [0.15, 0.2) is 0 Å². The minimum absolute atomic E-state index is 0.0753. The molecule has 0 aliphatic rings. The number of rotatable bonds is 7. The minimum atomic E-state index is -3.51. The van der Waals surface area contributed by atoms with Crippen LogP contribution in [0.1, 0.15) is 33.6 Å². The molecule has 8 heteroatoms. The summed E-state index contributed by atoms with van der Waals surface area (Å²) in [4.78, 5) is 15.9. The number of nitrogens with one attached hydrogen (secondary N) is 1. The summed E-state index contributed by atoms with van der Waals surface area (Å²) in [6, 6.07) is -0.0753. The Bertz CT molecular complexity index is 546. The first-order valence-corrected chi connectivity index (χ1v) is 8.55. The number of hydrogen-bond acceptors (Lipinski definition) is 4. The number of amides is 1. The van der Waals surface area contributed by atoms with Crippen LogP contribution in [0, 0.1) is 5.41 Å². The Hall–Kier alpha value is -1.41. The van der Waals surface area contributed by atoms with Crippen LogP contribution in [0.25, 0.3) is 0 Å². The normalized spacial score (nSPS) is 13.9. The van der Waals surface area contributed by atoms with E-state index in [0.29, 0.717) is 6.54 Å². The van der Waals surface area contributed by atoms with Crippen molar-refractivity contribution in [1.82, 2.24) is 14.9 Å². The van der Waals surface area contributed by atoms with Gasteiger partial charge in [0.05, 0.1) is 18.1 Å². The lowest BCUT2D eigenvalue weighted by molar-refractivity contribution is -0.122. The van der Waals surface area contributed by atoms with Crippen molar-refractivity contribution >= 4 is 15.9 Å². The van der Waals surface area contributed by atoms with Crippen LogP contribution in [0.5, 0.6) is 0 Å². The SMILES string of the molecule is CC(C)(C)C(Cn1ccnc1)NC(=O)CCCS(N)(=O)=O. The van der Waals surface area contributed by atoms with Gasteiger partial charge in [-0.2, -0.15) is 0 Å². The van der Waals surface area contributed by atoms with E-state index in [2.05, 4.69) is 10.3 Å². The third-order valence-electron chi connectivity index (χ3n) is 3.17. The van der Waals surface area contributed by atoms with Crippen LogP contribution >= 0.6 is 0 Å². The largest absolute Gasteiger partial charge is 0.351 e. The Labute approximate surface area is 126 Å². The van der Waals surface area contributed by atoms with Gasteiger partial charge in [-0.25, -0.2) is 18.5 Å². The van der Waals surface area contributed by atoms with Gasteiger partial charge in [-0.05, 0) is 11.8 Å². The number of carbonyl (C=O) groups excluding carboxylic acids is 1. The Morgan fingerprint density at radius 2 is 2.10 bits per heavy atom. The first-order chi connectivity index (χ1) is 9.58. The average molecular weight is 316 g/mol. The van der Waals surface area contributed by atoms with Crippen LogP contribution in [0.15, 0.2) is 18.7 Å². The molecule has 0 saturated carbocycles. The maximum Gasteiger partial charge on any atom is 0.220 e. The van der Waals surface area contributed by atoms with Gasteiger partial charge in [0.25, 0.3) is 0 Å². The number of carbonyl (C=O) groups is 1. The zero-order chi connectivity index (χ0) is 16.1. The number of imidazole rings is 1. The first kappa shape index (κ1) is 17.6. The van der Waals surface area contributed by atoms with Gasteiger partial charge in [-0.1, -0.05) is 20.8 Å². The monoisotopic (exact) mass is 316 g/mol. The summed E-state index contributed by atoms with van der Waals surface area (Å²) in [6.45, 7) is 6.74. The predicted molar refractivity (Wildman–Crippen MR) is 80.8 cm³/mol. The van der Waals surface area contributed by atoms with Crippen molar-refractivity contribution in [3.63, 3.8) is 0 Å².